The zero-order valence-corrected chi connectivity index (χ0v) is 52.5. The second-order valence-electron chi connectivity index (χ2n) is 18.6. The molecule has 0 aliphatic rings. The van der Waals surface area contributed by atoms with Crippen molar-refractivity contribution in [2.75, 3.05) is 49.8 Å². The van der Waals surface area contributed by atoms with Crippen LogP contribution >= 0.6 is 11.6 Å². The molecular formula is C68H53ClF9N7O12. The standard InChI is InChI=1S/C10H7ClFNO.2C10H7F2NO.C10H8FN3O2.C10H8FNO2.C10H9FO3.C8H7FO2/c1-14-9-4-6-2-3-13-10(11)7(6)5-8(9)12;2*1-14-9-4-6-2-3-13-10(12)7(6)5-8(9)11;1-16-9-6-7(2-4-8(9)11)3-5-10(15)13-14-12;1-14-9-4-6-2-3-12-10(13)7(6)5-8(9)11;1-14-9-6-7(2-4-8(9)11)3-5-10(12)13;1-11-8-4-6(5-10)2-3-7(8)9/h3*2-5H,1H3;2-6H,1H3;2-5H,1H3,(H,12,13);2-6H,1H3,(H,12,13);2-5H,1H3/b;;;5-3+;;5-3+;. The number of fused-ring (bicyclic) bond motifs is 4. The first-order valence-corrected chi connectivity index (χ1v) is 27.7. The number of rotatable bonds is 12. The summed E-state index contributed by atoms with van der Waals surface area (Å²) in [5.41, 5.74) is 9.23. The molecule has 0 bridgehead atoms. The fourth-order valence-electron chi connectivity index (χ4n) is 7.95. The predicted octanol–water partition coefficient (Wildman–Crippen LogP) is 16.0. The Labute approximate surface area is 549 Å². The summed E-state index contributed by atoms with van der Waals surface area (Å²) < 4.78 is 151. The lowest BCUT2D eigenvalue weighted by molar-refractivity contribution is -0.131. The van der Waals surface area contributed by atoms with Crippen LogP contribution in [-0.2, 0) is 9.59 Å². The molecule has 1 amide bonds. The van der Waals surface area contributed by atoms with Gasteiger partial charge in [0.15, 0.2) is 81.0 Å². The monoisotopic (exact) mass is 1370 g/mol. The fourth-order valence-corrected chi connectivity index (χ4v) is 8.17. The van der Waals surface area contributed by atoms with Crippen LogP contribution in [0, 0.1) is 52.6 Å². The normalized spacial score (nSPS) is 10.2. The number of carbonyl (C=O) groups is 3. The van der Waals surface area contributed by atoms with Crippen molar-refractivity contribution in [2.24, 2.45) is 5.11 Å². The van der Waals surface area contributed by atoms with Crippen LogP contribution in [0.15, 0.2) is 174 Å². The number of nitrogens with one attached hydrogen (secondary N) is 1. The largest absolute Gasteiger partial charge is 0.494 e. The number of aliphatic carboxylic acids is 1. The summed E-state index contributed by atoms with van der Waals surface area (Å²) in [6.07, 6.45) is 11.2. The second-order valence-corrected chi connectivity index (χ2v) is 19.0. The summed E-state index contributed by atoms with van der Waals surface area (Å²) in [6, 6.07) is 29.4. The van der Waals surface area contributed by atoms with Gasteiger partial charge in [-0.2, -0.15) is 8.78 Å². The molecule has 0 saturated heterocycles. The summed E-state index contributed by atoms with van der Waals surface area (Å²) in [4.78, 5) is 58.0. The van der Waals surface area contributed by atoms with Gasteiger partial charge in [-0.1, -0.05) is 29.8 Å². The molecule has 0 aliphatic heterocycles. The molecule has 4 aromatic heterocycles. The number of H-pyrrole nitrogens is 1. The average Bonchev–Trinajstić information content (AvgIpc) is 0.837. The zero-order chi connectivity index (χ0) is 71.3. The lowest BCUT2D eigenvalue weighted by Crippen LogP contribution is -2.05. The number of aromatic nitrogens is 4. The third kappa shape index (κ3) is 22.0. The number of hydrogen-bond acceptors (Lipinski definition) is 14. The number of amides is 1. The number of azide groups is 1. The first kappa shape index (κ1) is 75.6. The number of nitrogens with zero attached hydrogens (tertiary/aromatic N) is 6. The van der Waals surface area contributed by atoms with Gasteiger partial charge in [0.1, 0.15) is 11.4 Å². The summed E-state index contributed by atoms with van der Waals surface area (Å²) in [6.45, 7) is 0. The van der Waals surface area contributed by atoms with Crippen molar-refractivity contribution in [1.82, 2.24) is 19.9 Å². The predicted molar refractivity (Wildman–Crippen MR) is 345 cm³/mol. The van der Waals surface area contributed by atoms with Gasteiger partial charge in [-0.3, -0.25) is 14.4 Å². The molecule has 0 spiro atoms. The maximum atomic E-state index is 13.3. The lowest BCUT2D eigenvalue weighted by Gasteiger charge is -2.04. The summed E-state index contributed by atoms with van der Waals surface area (Å²) >= 11 is 5.81. The number of pyridine rings is 4. The molecule has 0 aliphatic carbocycles. The Morgan fingerprint density at radius 1 is 0.464 bits per heavy atom. The number of methoxy groups -OCH3 is 7. The molecule has 0 saturated carbocycles. The lowest BCUT2D eigenvalue weighted by atomic mass is 10.1. The second kappa shape index (κ2) is 37.5. The quantitative estimate of drug-likeness (QED) is 0.0219. The molecule has 2 N–H and O–H groups in total. The van der Waals surface area contributed by atoms with E-state index in [1.807, 2.05) is 0 Å². The van der Waals surface area contributed by atoms with Crippen LogP contribution in [0.2, 0.25) is 5.15 Å². The van der Waals surface area contributed by atoms with Gasteiger partial charge in [0.25, 0.3) is 5.56 Å². The van der Waals surface area contributed by atoms with Crippen molar-refractivity contribution in [3.63, 3.8) is 0 Å². The summed E-state index contributed by atoms with van der Waals surface area (Å²) in [5, 5.41) is 15.3. The maximum Gasteiger partial charge on any atom is 0.328 e. The molecular weight excluding hydrogens is 1310 g/mol. The van der Waals surface area contributed by atoms with Crippen LogP contribution in [0.3, 0.4) is 0 Å². The van der Waals surface area contributed by atoms with Gasteiger partial charge in [0.05, 0.1) is 55.2 Å². The number of halogens is 10. The summed E-state index contributed by atoms with van der Waals surface area (Å²) in [5.74, 6) is -5.86. The number of carboxylic acids is 1. The van der Waals surface area contributed by atoms with Crippen LogP contribution in [-0.4, -0.2) is 93.0 Å². The fraction of sp³-hybridized carbons (Fsp3) is 0.103. The Bertz CT molecular complexity index is 4560. The number of hydrogen-bond donors (Lipinski definition) is 2. The molecule has 7 aromatic carbocycles. The molecule has 29 heteroatoms. The number of benzene rings is 7. The van der Waals surface area contributed by atoms with Crippen molar-refractivity contribution < 1.29 is 92.2 Å². The highest BCUT2D eigenvalue weighted by Gasteiger charge is 2.12. The van der Waals surface area contributed by atoms with Gasteiger partial charge in [-0.15, -0.1) is 0 Å². The SMILES string of the molecule is COc1cc(/C=C/C(=O)N=[N+]=[N-])ccc1F.COc1cc(/C=C/C(=O)O)ccc1F.COc1cc(C=O)ccc1F.COc1cc2cc[nH]c(=O)c2cc1F.COc1cc2ccnc(Cl)c2cc1F.COc1cc2ccnc(F)c2cc1F.COc1cc2ccnc(F)c2cc1F. The van der Waals surface area contributed by atoms with E-state index in [2.05, 4.69) is 34.7 Å². The van der Waals surface area contributed by atoms with E-state index >= 15 is 0 Å². The van der Waals surface area contributed by atoms with Crippen LogP contribution in [0.1, 0.15) is 21.5 Å². The Morgan fingerprint density at radius 2 is 0.804 bits per heavy atom. The highest BCUT2D eigenvalue weighted by molar-refractivity contribution is 6.34. The van der Waals surface area contributed by atoms with E-state index in [0.717, 1.165) is 29.7 Å². The van der Waals surface area contributed by atoms with Gasteiger partial charge in [0.2, 0.25) is 17.8 Å². The van der Waals surface area contributed by atoms with Crippen molar-refractivity contribution >= 4 is 85.0 Å². The van der Waals surface area contributed by atoms with Crippen molar-refractivity contribution in [2.45, 2.75) is 0 Å². The molecule has 4 heterocycles. The van der Waals surface area contributed by atoms with Crippen LogP contribution in [0.5, 0.6) is 40.2 Å². The molecule has 0 fully saturated rings. The molecule has 97 heavy (non-hydrogen) atoms. The number of carboxylic acid groups (broad SMARTS) is 1. The van der Waals surface area contributed by atoms with E-state index in [1.165, 1.54) is 165 Å². The molecule has 502 valence electrons. The van der Waals surface area contributed by atoms with Gasteiger partial charge in [-0.25, -0.2) is 50.5 Å². The van der Waals surface area contributed by atoms with Crippen molar-refractivity contribution in [1.29, 1.82) is 0 Å². The van der Waals surface area contributed by atoms with Crippen molar-refractivity contribution in [3.8, 4) is 40.2 Å². The Hall–Kier alpha value is -12.2. The van der Waals surface area contributed by atoms with E-state index in [1.54, 1.807) is 36.5 Å². The van der Waals surface area contributed by atoms with Gasteiger partial charge < -0.3 is 43.2 Å². The van der Waals surface area contributed by atoms with Gasteiger partial charge in [-0.05, 0) is 171 Å². The minimum atomic E-state index is -1.05. The number of carbonyl (C=O) groups excluding carboxylic acids is 2. The van der Waals surface area contributed by atoms with Crippen LogP contribution in [0.25, 0.3) is 65.7 Å². The maximum absolute atomic E-state index is 13.3. The Kier molecular flexibility index (Phi) is 29.2. The third-order valence-electron chi connectivity index (χ3n) is 12.7. The number of aldehydes is 1. The first-order valence-electron chi connectivity index (χ1n) is 27.3. The molecule has 11 rings (SSSR count). The van der Waals surface area contributed by atoms with Crippen LogP contribution in [0.4, 0.5) is 39.5 Å². The Balaban J connectivity index is 0.000000205. The smallest absolute Gasteiger partial charge is 0.328 e. The average molecular weight is 1370 g/mol. The molecule has 0 unspecified atom stereocenters. The molecule has 0 radical (unpaired) electrons. The molecule has 19 nitrogen and oxygen atoms in total. The number of ether oxygens (including phenoxy) is 7. The molecule has 11 aromatic rings. The topological polar surface area (TPSA) is 256 Å². The van der Waals surface area contributed by atoms with Crippen LogP contribution < -0.4 is 38.7 Å². The summed E-state index contributed by atoms with van der Waals surface area (Å²) in [7, 11) is 9.58. The minimum absolute atomic E-state index is 0.0818. The van der Waals surface area contributed by atoms with E-state index in [0.29, 0.717) is 55.1 Å². The Morgan fingerprint density at radius 3 is 1.20 bits per heavy atom. The van der Waals surface area contributed by atoms with Gasteiger partial charge in [0, 0.05) is 57.5 Å². The highest BCUT2D eigenvalue weighted by atomic mass is 35.5. The van der Waals surface area contributed by atoms with E-state index < -0.39 is 64.5 Å². The third-order valence-corrected chi connectivity index (χ3v) is 13.0. The van der Waals surface area contributed by atoms with E-state index in [4.69, 9.17) is 50.7 Å². The first-order chi connectivity index (χ1) is 46.5. The van der Waals surface area contributed by atoms with E-state index in [9.17, 15) is 58.7 Å². The number of aromatic amines is 1. The zero-order valence-electron chi connectivity index (χ0n) is 51.7. The highest BCUT2D eigenvalue weighted by Crippen LogP contribution is 2.30. The van der Waals surface area contributed by atoms with Crippen molar-refractivity contribution in [3.05, 3.63) is 260 Å². The van der Waals surface area contributed by atoms with E-state index in [-0.39, 0.29) is 56.6 Å². The minimum Gasteiger partial charge on any atom is -0.494 e. The van der Waals surface area contributed by atoms with Gasteiger partial charge >= 0.3 is 5.97 Å². The molecule has 0 atom stereocenters.